The molecule has 6 heavy (non-hydrogen) atoms. The summed E-state index contributed by atoms with van der Waals surface area (Å²) in [5.41, 5.74) is 0. The van der Waals surface area contributed by atoms with Crippen LogP contribution >= 0.6 is 0 Å². The molecule has 0 aromatic rings. The predicted octanol–water partition coefficient (Wildman–Crippen LogP) is -0.683. The Kier molecular flexibility index (Phi) is 28.4. The molecule has 0 unspecified atom stereocenters. The molecular formula is C2H6Ac2O2. The third-order valence-corrected chi connectivity index (χ3v) is 0. The Labute approximate surface area is 109 Å². The van der Waals surface area contributed by atoms with E-state index < -0.39 is 6.29 Å². The van der Waals surface area contributed by atoms with Gasteiger partial charge in [-0.2, -0.15) is 0 Å². The summed E-state index contributed by atoms with van der Waals surface area (Å²) < 4.78 is 0. The van der Waals surface area contributed by atoms with Crippen LogP contribution in [0.3, 0.4) is 0 Å². The summed E-state index contributed by atoms with van der Waals surface area (Å²) in [6.45, 7) is 1.28. The van der Waals surface area contributed by atoms with E-state index in [1.54, 1.807) is 0 Å². The van der Waals surface area contributed by atoms with E-state index in [1.807, 2.05) is 0 Å². The summed E-state index contributed by atoms with van der Waals surface area (Å²) in [7, 11) is 0. The first-order chi connectivity index (χ1) is 1.73. The monoisotopic (exact) mass is 516 g/mol. The summed E-state index contributed by atoms with van der Waals surface area (Å²) in [6, 6.07) is 0. The average Bonchev–Trinajstić information content (AvgIpc) is 0.811. The van der Waals surface area contributed by atoms with Gasteiger partial charge in [-0.25, -0.2) is 0 Å². The van der Waals surface area contributed by atoms with Gasteiger partial charge in [0.05, 0.1) is 0 Å². The van der Waals surface area contributed by atoms with Crippen LogP contribution in [0.15, 0.2) is 0 Å². The maximum atomic E-state index is 7.61. The molecule has 0 heterocycles. The van der Waals surface area contributed by atoms with Crippen LogP contribution < -0.4 is 0 Å². The Balaban J connectivity index is -0.0000000450. The molecule has 0 aliphatic carbocycles. The molecule has 0 saturated carbocycles. The maximum Gasteiger partial charge on any atom is 0.148 e. The van der Waals surface area contributed by atoms with Crippen molar-refractivity contribution in [2.75, 3.05) is 0 Å². The van der Waals surface area contributed by atoms with Gasteiger partial charge < -0.3 is 10.2 Å². The van der Waals surface area contributed by atoms with Gasteiger partial charge in [0.1, 0.15) is 6.29 Å². The zero-order valence-corrected chi connectivity index (χ0v) is 13.1. The van der Waals surface area contributed by atoms with Gasteiger partial charge in [0.15, 0.2) is 0 Å². The smallest absolute Gasteiger partial charge is 0.148 e. The van der Waals surface area contributed by atoms with Crippen LogP contribution in [0, 0.1) is 88.1 Å². The molecule has 0 bridgehead atoms. The van der Waals surface area contributed by atoms with E-state index in [2.05, 4.69) is 0 Å². The molecule has 0 rings (SSSR count). The molecule has 2 nitrogen and oxygen atoms in total. The molecule has 0 aromatic heterocycles. The predicted molar refractivity (Wildman–Crippen MR) is 13.9 cm³/mol. The molecule has 32 valence electrons. The molecule has 0 amide bonds. The summed E-state index contributed by atoms with van der Waals surface area (Å²) in [6.07, 6.45) is -1.17. The van der Waals surface area contributed by atoms with Crippen molar-refractivity contribution in [3.05, 3.63) is 0 Å². The van der Waals surface area contributed by atoms with Crippen molar-refractivity contribution in [2.45, 2.75) is 13.2 Å². The van der Waals surface area contributed by atoms with Crippen LogP contribution in [0.5, 0.6) is 0 Å². The molecule has 0 saturated heterocycles. The molecule has 0 spiro atoms. The second-order valence-corrected chi connectivity index (χ2v) is 0.632. The van der Waals surface area contributed by atoms with Gasteiger partial charge in [0, 0.05) is 88.1 Å². The number of aliphatic hydroxyl groups excluding tert-OH is 1. The largest absolute Gasteiger partial charge is 0.368 e. The first-order valence-corrected chi connectivity index (χ1v) is 1.09. The summed E-state index contributed by atoms with van der Waals surface area (Å²) >= 11 is 0. The van der Waals surface area contributed by atoms with Gasteiger partial charge in [0.2, 0.25) is 0 Å². The van der Waals surface area contributed by atoms with Gasteiger partial charge in [-0.15, -0.1) is 0 Å². The van der Waals surface area contributed by atoms with Crippen LogP contribution in [0.1, 0.15) is 6.92 Å². The van der Waals surface area contributed by atoms with E-state index in [0.717, 1.165) is 0 Å². The minimum atomic E-state index is -1.17. The normalized spacial score (nSPS) is 6.00. The first-order valence-electron chi connectivity index (χ1n) is 1.09. The Morgan fingerprint density at radius 2 is 1.17 bits per heavy atom. The second-order valence-electron chi connectivity index (χ2n) is 0.632. The number of aliphatic hydroxyl groups is 2. The van der Waals surface area contributed by atoms with Crippen LogP contribution in [-0.2, 0) is 0 Å². The van der Waals surface area contributed by atoms with E-state index in [4.69, 9.17) is 10.2 Å². The molecule has 0 aliphatic heterocycles. The third-order valence-electron chi connectivity index (χ3n) is 0. The van der Waals surface area contributed by atoms with Crippen molar-refractivity contribution in [1.82, 2.24) is 0 Å². The first kappa shape index (κ1) is 15.9. The zero-order valence-electron chi connectivity index (χ0n) is 3.63. The van der Waals surface area contributed by atoms with Gasteiger partial charge in [-0.05, 0) is 6.92 Å². The maximum absolute atomic E-state index is 7.61. The molecule has 4 heteroatoms. The number of rotatable bonds is 0. The summed E-state index contributed by atoms with van der Waals surface area (Å²) in [5, 5.41) is 15.2. The van der Waals surface area contributed by atoms with Crippen molar-refractivity contribution in [3.8, 4) is 0 Å². The molecule has 0 fully saturated rings. The van der Waals surface area contributed by atoms with E-state index in [9.17, 15) is 0 Å². The zero-order chi connectivity index (χ0) is 3.58. The van der Waals surface area contributed by atoms with E-state index in [0.29, 0.717) is 0 Å². The third kappa shape index (κ3) is 29.2. The second kappa shape index (κ2) is 10.7. The quantitative estimate of drug-likeness (QED) is 0.420. The van der Waals surface area contributed by atoms with Crippen molar-refractivity contribution in [3.63, 3.8) is 0 Å². The molecule has 0 aromatic carbocycles. The van der Waals surface area contributed by atoms with Gasteiger partial charge in [-0.1, -0.05) is 0 Å². The number of hydrogen-bond acceptors (Lipinski definition) is 2. The van der Waals surface area contributed by atoms with E-state index in [-0.39, 0.29) is 88.1 Å². The SMILES string of the molecule is CC(O)O.[Ac].[Ac]. The Morgan fingerprint density at radius 3 is 1.17 bits per heavy atom. The average molecular weight is 516 g/mol. The molecule has 2 radical (unpaired) electrons. The fourth-order valence-corrected chi connectivity index (χ4v) is 0. The van der Waals surface area contributed by atoms with Crippen molar-refractivity contribution in [1.29, 1.82) is 0 Å². The Hall–Kier alpha value is 2.80. The van der Waals surface area contributed by atoms with Gasteiger partial charge in [-0.3, -0.25) is 0 Å². The minimum Gasteiger partial charge on any atom is -0.368 e. The molecule has 0 aliphatic rings. The van der Waals surface area contributed by atoms with Crippen LogP contribution in [-0.4, -0.2) is 16.5 Å². The van der Waals surface area contributed by atoms with Crippen molar-refractivity contribution < 1.29 is 98.3 Å². The van der Waals surface area contributed by atoms with E-state index in [1.165, 1.54) is 6.92 Å². The van der Waals surface area contributed by atoms with Gasteiger partial charge >= 0.3 is 0 Å². The minimum absolute atomic E-state index is 0. The molecule has 2 N–H and O–H groups in total. The topological polar surface area (TPSA) is 40.5 Å². The summed E-state index contributed by atoms with van der Waals surface area (Å²) in [4.78, 5) is 0. The Bertz CT molecular complexity index is 14.3. The van der Waals surface area contributed by atoms with Crippen molar-refractivity contribution >= 4 is 0 Å². The van der Waals surface area contributed by atoms with Crippen molar-refractivity contribution in [2.24, 2.45) is 0 Å². The van der Waals surface area contributed by atoms with E-state index >= 15 is 0 Å². The van der Waals surface area contributed by atoms with Crippen LogP contribution in [0.4, 0.5) is 0 Å². The fourth-order valence-electron chi connectivity index (χ4n) is 0. The van der Waals surface area contributed by atoms with Crippen LogP contribution in [0.25, 0.3) is 0 Å². The number of hydrogen-bond donors (Lipinski definition) is 2. The van der Waals surface area contributed by atoms with Gasteiger partial charge in [0.25, 0.3) is 0 Å². The molecule has 0 atom stereocenters. The Morgan fingerprint density at radius 1 is 1.17 bits per heavy atom. The standard InChI is InChI=1S/C2H6O2.2Ac/c1-2(3)4;;/h2-4H,1H3;;. The fraction of sp³-hybridized carbons (Fsp3) is 1.00. The molecular weight excluding hydrogens is 510 g/mol. The summed E-state index contributed by atoms with van der Waals surface area (Å²) in [5.74, 6) is 0. The van der Waals surface area contributed by atoms with Crippen LogP contribution in [0.2, 0.25) is 0 Å².